The number of nitrogens with one attached hydrogen (secondary N) is 1. The van der Waals surface area contributed by atoms with Gasteiger partial charge in [-0.25, -0.2) is 0 Å². The van der Waals surface area contributed by atoms with Gasteiger partial charge < -0.3 is 5.32 Å². The Morgan fingerprint density at radius 2 is 2.27 bits per heavy atom. The summed E-state index contributed by atoms with van der Waals surface area (Å²) in [6.07, 6.45) is 5.61. The summed E-state index contributed by atoms with van der Waals surface area (Å²) in [5.74, 6) is 0.120. The molecule has 82 valence electrons. The maximum atomic E-state index is 11.4. The largest absolute Gasteiger partial charge is 0.350 e. The fourth-order valence-corrected chi connectivity index (χ4v) is 1.32. The molecule has 0 aliphatic rings. The molecule has 1 heterocycles. The van der Waals surface area contributed by atoms with Crippen molar-refractivity contribution in [3.63, 3.8) is 0 Å². The second kappa shape index (κ2) is 6.98. The van der Waals surface area contributed by atoms with E-state index in [2.05, 4.69) is 17.2 Å². The van der Waals surface area contributed by atoms with Gasteiger partial charge in [0, 0.05) is 12.6 Å². The Balaban J connectivity index is 2.17. The fraction of sp³-hybridized carbons (Fsp3) is 0.500. The summed E-state index contributed by atoms with van der Waals surface area (Å²) in [6, 6.07) is 5.70. The smallest absolute Gasteiger partial charge is 0.220 e. The normalized spacial score (nSPS) is 9.93. The Kier molecular flexibility index (Phi) is 5.44. The molecule has 3 heteroatoms. The van der Waals surface area contributed by atoms with E-state index in [-0.39, 0.29) is 5.91 Å². The van der Waals surface area contributed by atoms with Gasteiger partial charge in [-0.1, -0.05) is 25.8 Å². The summed E-state index contributed by atoms with van der Waals surface area (Å²) in [7, 11) is 0. The van der Waals surface area contributed by atoms with Crippen LogP contribution in [-0.4, -0.2) is 10.9 Å². The van der Waals surface area contributed by atoms with Gasteiger partial charge in [-0.3, -0.25) is 9.78 Å². The van der Waals surface area contributed by atoms with Crippen LogP contribution in [0.5, 0.6) is 0 Å². The quantitative estimate of drug-likeness (QED) is 0.725. The summed E-state index contributed by atoms with van der Waals surface area (Å²) < 4.78 is 0. The highest BCUT2D eigenvalue weighted by atomic mass is 16.1. The van der Waals surface area contributed by atoms with Crippen LogP contribution in [0.3, 0.4) is 0 Å². The molecule has 0 saturated carbocycles. The van der Waals surface area contributed by atoms with Crippen molar-refractivity contribution in [3.05, 3.63) is 30.1 Å². The molecule has 0 radical (unpaired) electrons. The van der Waals surface area contributed by atoms with E-state index in [0.717, 1.165) is 25.0 Å². The van der Waals surface area contributed by atoms with Gasteiger partial charge in [0.2, 0.25) is 5.91 Å². The van der Waals surface area contributed by atoms with Crippen molar-refractivity contribution >= 4 is 5.91 Å². The summed E-state index contributed by atoms with van der Waals surface area (Å²) in [4.78, 5) is 15.5. The molecule has 3 nitrogen and oxygen atoms in total. The molecule has 0 aliphatic carbocycles. The minimum absolute atomic E-state index is 0.120. The topological polar surface area (TPSA) is 42.0 Å². The first-order valence-corrected chi connectivity index (χ1v) is 5.49. The molecule has 0 bridgehead atoms. The van der Waals surface area contributed by atoms with Crippen molar-refractivity contribution in [1.29, 1.82) is 0 Å². The van der Waals surface area contributed by atoms with Gasteiger partial charge in [-0.2, -0.15) is 0 Å². The SMILES string of the molecule is CCCCCC(=O)NCc1ccccn1. The zero-order valence-corrected chi connectivity index (χ0v) is 9.20. The molecular weight excluding hydrogens is 188 g/mol. The molecule has 1 aromatic heterocycles. The van der Waals surface area contributed by atoms with Crippen LogP contribution in [0.4, 0.5) is 0 Å². The van der Waals surface area contributed by atoms with Crippen LogP contribution >= 0.6 is 0 Å². The van der Waals surface area contributed by atoms with Gasteiger partial charge >= 0.3 is 0 Å². The predicted octanol–water partition coefficient (Wildman–Crippen LogP) is 2.28. The first kappa shape index (κ1) is 11.7. The van der Waals surface area contributed by atoms with Crippen molar-refractivity contribution in [2.75, 3.05) is 0 Å². The van der Waals surface area contributed by atoms with E-state index in [9.17, 15) is 4.79 Å². The van der Waals surface area contributed by atoms with Crippen LogP contribution in [0, 0.1) is 0 Å². The summed E-state index contributed by atoms with van der Waals surface area (Å²) in [5.41, 5.74) is 0.904. The molecule has 0 atom stereocenters. The second-order valence-corrected chi connectivity index (χ2v) is 3.55. The first-order valence-electron chi connectivity index (χ1n) is 5.49. The van der Waals surface area contributed by atoms with Crippen LogP contribution in [0.1, 0.15) is 38.3 Å². The number of carbonyl (C=O) groups is 1. The molecule has 0 fully saturated rings. The number of carbonyl (C=O) groups excluding carboxylic acids is 1. The number of unbranched alkanes of at least 4 members (excludes halogenated alkanes) is 2. The lowest BCUT2D eigenvalue weighted by Gasteiger charge is -2.03. The maximum absolute atomic E-state index is 11.4. The molecule has 0 saturated heterocycles. The molecular formula is C12H18N2O. The third-order valence-electron chi connectivity index (χ3n) is 2.20. The van der Waals surface area contributed by atoms with Gasteiger partial charge in [-0.15, -0.1) is 0 Å². The van der Waals surface area contributed by atoms with Gasteiger partial charge in [-0.05, 0) is 18.6 Å². The third kappa shape index (κ3) is 5.15. The molecule has 1 N–H and O–H groups in total. The third-order valence-corrected chi connectivity index (χ3v) is 2.20. The summed E-state index contributed by atoms with van der Waals surface area (Å²) >= 11 is 0. The molecule has 0 unspecified atom stereocenters. The molecule has 1 aromatic rings. The van der Waals surface area contributed by atoms with E-state index in [1.165, 1.54) is 0 Å². The van der Waals surface area contributed by atoms with Crippen LogP contribution in [0.15, 0.2) is 24.4 Å². The Labute approximate surface area is 90.9 Å². The lowest BCUT2D eigenvalue weighted by atomic mass is 10.2. The first-order chi connectivity index (χ1) is 7.33. The predicted molar refractivity (Wildman–Crippen MR) is 60.2 cm³/mol. The molecule has 15 heavy (non-hydrogen) atoms. The van der Waals surface area contributed by atoms with E-state index >= 15 is 0 Å². The number of nitrogens with zero attached hydrogens (tertiary/aromatic N) is 1. The Morgan fingerprint density at radius 3 is 2.93 bits per heavy atom. The number of hydrogen-bond acceptors (Lipinski definition) is 2. The highest BCUT2D eigenvalue weighted by Crippen LogP contribution is 1.99. The monoisotopic (exact) mass is 206 g/mol. The Bertz CT molecular complexity index is 285. The number of pyridine rings is 1. The number of aromatic nitrogens is 1. The molecule has 1 rings (SSSR count). The molecule has 0 aliphatic heterocycles. The van der Waals surface area contributed by atoms with Crippen LogP contribution < -0.4 is 5.32 Å². The van der Waals surface area contributed by atoms with Crippen molar-refractivity contribution in [2.24, 2.45) is 0 Å². The molecule has 0 spiro atoms. The Hall–Kier alpha value is -1.38. The van der Waals surface area contributed by atoms with E-state index in [1.54, 1.807) is 6.20 Å². The van der Waals surface area contributed by atoms with E-state index in [1.807, 2.05) is 18.2 Å². The van der Waals surface area contributed by atoms with Gasteiger partial charge in [0.25, 0.3) is 0 Å². The number of rotatable bonds is 6. The van der Waals surface area contributed by atoms with Crippen LogP contribution in [-0.2, 0) is 11.3 Å². The van der Waals surface area contributed by atoms with Crippen molar-refractivity contribution in [3.8, 4) is 0 Å². The standard InChI is InChI=1S/C12H18N2O/c1-2-3-4-8-12(15)14-10-11-7-5-6-9-13-11/h5-7,9H,2-4,8,10H2,1H3,(H,14,15). The zero-order valence-electron chi connectivity index (χ0n) is 9.20. The maximum Gasteiger partial charge on any atom is 0.220 e. The van der Waals surface area contributed by atoms with Crippen molar-refractivity contribution in [2.45, 2.75) is 39.2 Å². The highest BCUT2D eigenvalue weighted by molar-refractivity contribution is 5.75. The summed E-state index contributed by atoms with van der Waals surface area (Å²) in [6.45, 7) is 2.66. The fourth-order valence-electron chi connectivity index (χ4n) is 1.32. The zero-order chi connectivity index (χ0) is 10.9. The lowest BCUT2D eigenvalue weighted by molar-refractivity contribution is -0.121. The van der Waals surface area contributed by atoms with Gasteiger partial charge in [0.15, 0.2) is 0 Å². The van der Waals surface area contributed by atoms with E-state index < -0.39 is 0 Å². The number of hydrogen-bond donors (Lipinski definition) is 1. The molecule has 0 aromatic carbocycles. The van der Waals surface area contributed by atoms with Gasteiger partial charge in [0.05, 0.1) is 12.2 Å². The van der Waals surface area contributed by atoms with Crippen LogP contribution in [0.2, 0.25) is 0 Å². The minimum atomic E-state index is 0.120. The van der Waals surface area contributed by atoms with Crippen molar-refractivity contribution < 1.29 is 4.79 Å². The number of amides is 1. The Morgan fingerprint density at radius 1 is 1.40 bits per heavy atom. The second-order valence-electron chi connectivity index (χ2n) is 3.55. The average Bonchev–Trinajstić information content (AvgIpc) is 2.28. The average molecular weight is 206 g/mol. The van der Waals surface area contributed by atoms with Crippen LogP contribution in [0.25, 0.3) is 0 Å². The van der Waals surface area contributed by atoms with Gasteiger partial charge in [0.1, 0.15) is 0 Å². The summed E-state index contributed by atoms with van der Waals surface area (Å²) in [5, 5.41) is 2.86. The van der Waals surface area contributed by atoms with E-state index in [4.69, 9.17) is 0 Å². The van der Waals surface area contributed by atoms with E-state index in [0.29, 0.717) is 13.0 Å². The highest BCUT2D eigenvalue weighted by Gasteiger charge is 2.00. The molecule has 1 amide bonds. The van der Waals surface area contributed by atoms with Crippen molar-refractivity contribution in [1.82, 2.24) is 10.3 Å². The minimum Gasteiger partial charge on any atom is -0.350 e. The lowest BCUT2D eigenvalue weighted by Crippen LogP contribution is -2.22.